The summed E-state index contributed by atoms with van der Waals surface area (Å²) < 4.78 is 4.68. The lowest BCUT2D eigenvalue weighted by Crippen LogP contribution is -2.17. The SMILES string of the molecule is C=CC(=O)OCC(O)CCCCC. The molecular weight excluding hydrogens is 168 g/mol. The van der Waals surface area contributed by atoms with Gasteiger partial charge in [0, 0.05) is 6.08 Å². The number of aliphatic hydroxyl groups is 1. The van der Waals surface area contributed by atoms with E-state index in [1.54, 1.807) is 0 Å². The normalized spacial score (nSPS) is 12.2. The molecule has 0 aliphatic heterocycles. The zero-order valence-electron chi connectivity index (χ0n) is 8.16. The molecule has 0 aromatic carbocycles. The number of unbranched alkanes of at least 4 members (excludes halogenated alkanes) is 2. The minimum Gasteiger partial charge on any atom is -0.460 e. The van der Waals surface area contributed by atoms with Crippen LogP contribution < -0.4 is 0 Å². The van der Waals surface area contributed by atoms with Crippen LogP contribution in [0.25, 0.3) is 0 Å². The summed E-state index contributed by atoms with van der Waals surface area (Å²) in [6, 6.07) is 0. The average Bonchev–Trinajstić information content (AvgIpc) is 2.14. The van der Waals surface area contributed by atoms with Gasteiger partial charge in [0.2, 0.25) is 0 Å². The van der Waals surface area contributed by atoms with Crippen molar-refractivity contribution in [2.24, 2.45) is 0 Å². The first-order chi connectivity index (χ1) is 6.20. The van der Waals surface area contributed by atoms with E-state index in [4.69, 9.17) is 0 Å². The van der Waals surface area contributed by atoms with Crippen molar-refractivity contribution < 1.29 is 14.6 Å². The molecule has 13 heavy (non-hydrogen) atoms. The van der Waals surface area contributed by atoms with Gasteiger partial charge in [0.1, 0.15) is 6.61 Å². The van der Waals surface area contributed by atoms with Crippen molar-refractivity contribution in [3.05, 3.63) is 12.7 Å². The lowest BCUT2D eigenvalue weighted by molar-refractivity contribution is -0.140. The van der Waals surface area contributed by atoms with Gasteiger partial charge in [-0.3, -0.25) is 0 Å². The molecule has 0 heterocycles. The average molecular weight is 186 g/mol. The van der Waals surface area contributed by atoms with Crippen LogP contribution >= 0.6 is 0 Å². The zero-order valence-corrected chi connectivity index (χ0v) is 8.16. The number of ether oxygens (including phenoxy) is 1. The summed E-state index contributed by atoms with van der Waals surface area (Å²) >= 11 is 0. The molecule has 76 valence electrons. The quantitative estimate of drug-likeness (QED) is 0.373. The molecule has 0 saturated carbocycles. The first-order valence-electron chi connectivity index (χ1n) is 4.68. The Morgan fingerprint density at radius 1 is 1.62 bits per heavy atom. The molecule has 0 aliphatic carbocycles. The van der Waals surface area contributed by atoms with Crippen LogP contribution in [0, 0.1) is 0 Å². The van der Waals surface area contributed by atoms with Crippen molar-refractivity contribution in [3.63, 3.8) is 0 Å². The summed E-state index contributed by atoms with van der Waals surface area (Å²) in [7, 11) is 0. The monoisotopic (exact) mass is 186 g/mol. The molecule has 0 aromatic rings. The number of hydrogen-bond acceptors (Lipinski definition) is 3. The van der Waals surface area contributed by atoms with Crippen molar-refractivity contribution in [1.82, 2.24) is 0 Å². The van der Waals surface area contributed by atoms with E-state index >= 15 is 0 Å². The van der Waals surface area contributed by atoms with Crippen LogP contribution in [0.5, 0.6) is 0 Å². The largest absolute Gasteiger partial charge is 0.460 e. The molecule has 1 unspecified atom stereocenters. The third-order valence-electron chi connectivity index (χ3n) is 1.73. The number of aliphatic hydroxyl groups excluding tert-OH is 1. The van der Waals surface area contributed by atoms with E-state index in [0.717, 1.165) is 25.3 Å². The molecule has 0 saturated heterocycles. The summed E-state index contributed by atoms with van der Waals surface area (Å²) in [5.41, 5.74) is 0. The van der Waals surface area contributed by atoms with E-state index in [2.05, 4.69) is 18.2 Å². The predicted octanol–water partition coefficient (Wildman–Crippen LogP) is 1.66. The van der Waals surface area contributed by atoms with Crippen molar-refractivity contribution >= 4 is 5.97 Å². The molecule has 0 rings (SSSR count). The maximum atomic E-state index is 10.6. The topological polar surface area (TPSA) is 46.5 Å². The highest BCUT2D eigenvalue weighted by Crippen LogP contribution is 2.03. The molecule has 0 spiro atoms. The second-order valence-electron chi connectivity index (χ2n) is 2.98. The maximum absolute atomic E-state index is 10.6. The van der Waals surface area contributed by atoms with Crippen molar-refractivity contribution in [2.45, 2.75) is 38.7 Å². The summed E-state index contributed by atoms with van der Waals surface area (Å²) in [5.74, 6) is -0.477. The van der Waals surface area contributed by atoms with Gasteiger partial charge >= 0.3 is 5.97 Å². The lowest BCUT2D eigenvalue weighted by atomic mass is 10.1. The Hall–Kier alpha value is -0.830. The molecular formula is C10H18O3. The van der Waals surface area contributed by atoms with E-state index < -0.39 is 12.1 Å². The van der Waals surface area contributed by atoms with E-state index in [1.165, 1.54) is 0 Å². The van der Waals surface area contributed by atoms with Gasteiger partial charge in [0.05, 0.1) is 6.10 Å². The standard InChI is InChI=1S/C10H18O3/c1-3-5-6-7-9(11)8-13-10(12)4-2/h4,9,11H,2-3,5-8H2,1H3. The fourth-order valence-electron chi connectivity index (χ4n) is 0.951. The van der Waals surface area contributed by atoms with Crippen molar-refractivity contribution in [1.29, 1.82) is 0 Å². The van der Waals surface area contributed by atoms with Gasteiger partial charge < -0.3 is 9.84 Å². The summed E-state index contributed by atoms with van der Waals surface area (Å²) in [6.07, 6.45) is 4.46. The van der Waals surface area contributed by atoms with Gasteiger partial charge in [-0.2, -0.15) is 0 Å². The van der Waals surface area contributed by atoms with E-state index in [9.17, 15) is 9.90 Å². The third-order valence-corrected chi connectivity index (χ3v) is 1.73. The molecule has 0 amide bonds. The smallest absolute Gasteiger partial charge is 0.330 e. The van der Waals surface area contributed by atoms with Crippen LogP contribution in [-0.2, 0) is 9.53 Å². The fraction of sp³-hybridized carbons (Fsp3) is 0.700. The Kier molecular flexibility index (Phi) is 7.30. The van der Waals surface area contributed by atoms with Crippen LogP contribution in [-0.4, -0.2) is 23.8 Å². The van der Waals surface area contributed by atoms with E-state index in [1.807, 2.05) is 0 Å². The molecule has 0 aromatic heterocycles. The summed E-state index contributed by atoms with van der Waals surface area (Å²) in [6.45, 7) is 5.44. The Morgan fingerprint density at radius 2 is 2.31 bits per heavy atom. The fourth-order valence-corrected chi connectivity index (χ4v) is 0.951. The Labute approximate surface area is 79.4 Å². The predicted molar refractivity (Wildman–Crippen MR) is 51.3 cm³/mol. The number of hydrogen-bond donors (Lipinski definition) is 1. The van der Waals surface area contributed by atoms with Crippen LogP contribution in [0.4, 0.5) is 0 Å². The molecule has 0 radical (unpaired) electrons. The molecule has 3 nitrogen and oxygen atoms in total. The van der Waals surface area contributed by atoms with Crippen LogP contribution in [0.15, 0.2) is 12.7 Å². The second kappa shape index (κ2) is 7.80. The van der Waals surface area contributed by atoms with Crippen LogP contribution in [0.3, 0.4) is 0 Å². The van der Waals surface area contributed by atoms with Crippen molar-refractivity contribution in [3.8, 4) is 0 Å². The summed E-state index contributed by atoms with van der Waals surface area (Å²) in [5, 5.41) is 9.31. The Bertz CT molecular complexity index is 154. The van der Waals surface area contributed by atoms with Crippen molar-refractivity contribution in [2.75, 3.05) is 6.61 Å². The van der Waals surface area contributed by atoms with E-state index in [-0.39, 0.29) is 6.61 Å². The minimum atomic E-state index is -0.532. The highest BCUT2D eigenvalue weighted by Gasteiger charge is 2.05. The number of carbonyl (C=O) groups excluding carboxylic acids is 1. The lowest BCUT2D eigenvalue weighted by Gasteiger charge is -2.09. The number of esters is 1. The Morgan fingerprint density at radius 3 is 2.85 bits per heavy atom. The maximum Gasteiger partial charge on any atom is 0.330 e. The molecule has 1 N–H and O–H groups in total. The van der Waals surface area contributed by atoms with Gasteiger partial charge in [0.25, 0.3) is 0 Å². The van der Waals surface area contributed by atoms with E-state index in [0.29, 0.717) is 6.42 Å². The molecule has 0 fully saturated rings. The minimum absolute atomic E-state index is 0.0779. The molecule has 0 aliphatic rings. The van der Waals surface area contributed by atoms with Gasteiger partial charge in [-0.1, -0.05) is 32.8 Å². The van der Waals surface area contributed by atoms with Crippen LogP contribution in [0.1, 0.15) is 32.6 Å². The highest BCUT2D eigenvalue weighted by molar-refractivity contribution is 5.81. The number of carbonyl (C=O) groups is 1. The van der Waals surface area contributed by atoms with Gasteiger partial charge in [-0.05, 0) is 6.42 Å². The van der Waals surface area contributed by atoms with Gasteiger partial charge in [-0.15, -0.1) is 0 Å². The van der Waals surface area contributed by atoms with Gasteiger partial charge in [0.15, 0.2) is 0 Å². The number of rotatable bonds is 7. The second-order valence-corrected chi connectivity index (χ2v) is 2.98. The molecule has 1 atom stereocenters. The third kappa shape index (κ3) is 7.53. The highest BCUT2D eigenvalue weighted by atomic mass is 16.5. The Balaban J connectivity index is 3.34. The first-order valence-corrected chi connectivity index (χ1v) is 4.68. The first kappa shape index (κ1) is 12.2. The summed E-state index contributed by atoms with van der Waals surface area (Å²) in [4.78, 5) is 10.6. The van der Waals surface area contributed by atoms with Crippen LogP contribution in [0.2, 0.25) is 0 Å². The molecule has 0 bridgehead atoms. The molecule has 3 heteroatoms. The van der Waals surface area contributed by atoms with Gasteiger partial charge in [-0.25, -0.2) is 4.79 Å². The zero-order chi connectivity index (χ0) is 10.1.